The predicted molar refractivity (Wildman–Crippen MR) is 167 cm³/mol. The first-order valence-electron chi connectivity index (χ1n) is 15.7. The summed E-state index contributed by atoms with van der Waals surface area (Å²) in [6.45, 7) is 7.62. The van der Waals surface area contributed by atoms with Gasteiger partial charge in [-0.15, -0.1) is 0 Å². The van der Waals surface area contributed by atoms with Crippen molar-refractivity contribution in [2.45, 2.75) is 76.8 Å². The van der Waals surface area contributed by atoms with Crippen molar-refractivity contribution in [2.75, 3.05) is 13.2 Å². The smallest absolute Gasteiger partial charge is 0.306 e. The van der Waals surface area contributed by atoms with Crippen molar-refractivity contribution in [3.63, 3.8) is 0 Å². The van der Waals surface area contributed by atoms with Crippen molar-refractivity contribution in [1.82, 2.24) is 0 Å². The number of ether oxygens (including phenoxy) is 3. The summed E-state index contributed by atoms with van der Waals surface area (Å²) in [4.78, 5) is 13.0. The summed E-state index contributed by atoms with van der Waals surface area (Å²) in [7, 11) is -2.16. The average molecular weight is 603 g/mol. The minimum Gasteiger partial charge on any atom is -0.465 e. The van der Waals surface area contributed by atoms with E-state index in [-0.39, 0.29) is 60.6 Å². The Bertz CT molecular complexity index is 1320. The van der Waals surface area contributed by atoms with Crippen LogP contribution in [0.1, 0.15) is 58.4 Å². The minimum atomic E-state index is -2.16. The Kier molecular flexibility index (Phi) is 8.88. The summed E-state index contributed by atoms with van der Waals surface area (Å²) in [6, 6.07) is 27.8. The number of hydrogen-bond acceptors (Lipinski definition) is 5. The van der Waals surface area contributed by atoms with Gasteiger partial charge in [-0.1, -0.05) is 93.6 Å². The topological polar surface area (TPSA) is 54.0 Å². The lowest BCUT2D eigenvalue weighted by atomic mass is 9.65. The van der Waals surface area contributed by atoms with Crippen molar-refractivity contribution >= 4 is 25.4 Å². The average Bonchev–Trinajstić information content (AvgIpc) is 3.32. The number of carbonyl (C=O) groups excluding carboxylic acids is 1. The zero-order chi connectivity index (χ0) is 30.0. The molecule has 1 saturated carbocycles. The molecule has 2 heterocycles. The molecule has 3 aliphatic rings. The second-order valence-corrected chi connectivity index (χ2v) is 15.9. The Morgan fingerprint density at radius 3 is 2.16 bits per heavy atom. The van der Waals surface area contributed by atoms with Gasteiger partial charge in [0.15, 0.2) is 6.29 Å². The molecule has 2 aliphatic heterocycles. The molecule has 3 aromatic rings. The van der Waals surface area contributed by atoms with Crippen LogP contribution in [0.5, 0.6) is 0 Å². The maximum Gasteiger partial charge on any atom is 0.306 e. The first-order chi connectivity index (χ1) is 20.7. The molecule has 0 N–H and O–H groups in total. The van der Waals surface area contributed by atoms with E-state index in [2.05, 4.69) is 69.3 Å². The van der Waals surface area contributed by atoms with E-state index < -0.39 is 14.5 Å². The van der Waals surface area contributed by atoms with Crippen LogP contribution in [0.25, 0.3) is 0 Å². The van der Waals surface area contributed by atoms with E-state index in [1.807, 2.05) is 24.3 Å². The number of esters is 1. The van der Waals surface area contributed by atoms with Crippen LogP contribution in [0.4, 0.5) is 4.39 Å². The van der Waals surface area contributed by atoms with Crippen molar-refractivity contribution in [1.29, 1.82) is 0 Å². The number of cyclic esters (lactones) is 1. The van der Waals surface area contributed by atoms with E-state index in [0.29, 0.717) is 13.0 Å². The van der Waals surface area contributed by atoms with Crippen LogP contribution < -0.4 is 10.4 Å². The Morgan fingerprint density at radius 1 is 0.930 bits per heavy atom. The van der Waals surface area contributed by atoms with Crippen molar-refractivity contribution in [2.24, 2.45) is 17.3 Å². The third kappa shape index (κ3) is 6.37. The van der Waals surface area contributed by atoms with Gasteiger partial charge in [0.25, 0.3) is 0 Å². The molecule has 1 aliphatic carbocycles. The monoisotopic (exact) mass is 602 g/mol. The van der Waals surface area contributed by atoms with Gasteiger partial charge < -0.3 is 18.6 Å². The summed E-state index contributed by atoms with van der Waals surface area (Å²) in [5.74, 6) is -0.683. The molecule has 7 heteroatoms. The zero-order valence-corrected chi connectivity index (χ0v) is 26.6. The Morgan fingerprint density at radius 2 is 1.58 bits per heavy atom. The molecule has 0 bridgehead atoms. The lowest BCUT2D eigenvalue weighted by Crippen LogP contribution is -2.55. The van der Waals surface area contributed by atoms with E-state index >= 15 is 0 Å². The molecular formula is C36H43FO5Si. The quantitative estimate of drug-likeness (QED) is 0.251. The van der Waals surface area contributed by atoms with E-state index in [1.54, 1.807) is 0 Å². The first-order valence-corrected chi connectivity index (χ1v) is 17.3. The normalized spacial score (nSPS) is 28.3. The predicted octanol–water partition coefficient (Wildman–Crippen LogP) is 5.53. The summed E-state index contributed by atoms with van der Waals surface area (Å²) < 4.78 is 40.4. The lowest BCUT2D eigenvalue weighted by molar-refractivity contribution is -0.205. The molecule has 3 fully saturated rings. The molecule has 5 nitrogen and oxygen atoms in total. The number of fused-ring (bicyclic) bond motifs is 1. The van der Waals surface area contributed by atoms with Gasteiger partial charge in [0.2, 0.25) is 9.04 Å². The highest BCUT2D eigenvalue weighted by atomic mass is 28.3. The van der Waals surface area contributed by atoms with E-state index in [9.17, 15) is 9.18 Å². The summed E-state index contributed by atoms with van der Waals surface area (Å²) in [5, 5.41) is 2.42. The van der Waals surface area contributed by atoms with E-state index in [0.717, 1.165) is 24.8 Å². The van der Waals surface area contributed by atoms with Gasteiger partial charge in [-0.05, 0) is 65.1 Å². The van der Waals surface area contributed by atoms with Gasteiger partial charge in [0.1, 0.15) is 12.4 Å². The van der Waals surface area contributed by atoms with Crippen molar-refractivity contribution in [3.8, 4) is 0 Å². The third-order valence-electron chi connectivity index (χ3n) is 9.62. The first kappa shape index (κ1) is 30.2. The number of rotatable bonds is 8. The minimum absolute atomic E-state index is 0.0989. The van der Waals surface area contributed by atoms with Crippen LogP contribution in [-0.4, -0.2) is 46.7 Å². The highest BCUT2D eigenvalue weighted by molar-refractivity contribution is 6.80. The molecule has 0 amide bonds. The third-order valence-corrected chi connectivity index (χ3v) is 12.2. The fourth-order valence-electron chi connectivity index (χ4n) is 7.60. The van der Waals surface area contributed by atoms with Gasteiger partial charge in [0, 0.05) is 24.4 Å². The number of halogens is 1. The molecular weight excluding hydrogens is 559 g/mol. The molecule has 228 valence electrons. The van der Waals surface area contributed by atoms with E-state index in [4.69, 9.17) is 18.6 Å². The van der Waals surface area contributed by atoms with Crippen LogP contribution in [0.3, 0.4) is 0 Å². The lowest BCUT2D eigenvalue weighted by Gasteiger charge is -2.46. The van der Waals surface area contributed by atoms with Crippen LogP contribution in [-0.2, 0) is 28.8 Å². The number of carbonyl (C=O) groups is 1. The van der Waals surface area contributed by atoms with Crippen LogP contribution >= 0.6 is 0 Å². The highest BCUT2D eigenvalue weighted by Crippen LogP contribution is 2.57. The molecule has 0 radical (unpaired) electrons. The molecule has 0 aromatic heterocycles. The van der Waals surface area contributed by atoms with Gasteiger partial charge in [-0.2, -0.15) is 0 Å². The van der Waals surface area contributed by atoms with Crippen LogP contribution in [0, 0.1) is 23.1 Å². The van der Waals surface area contributed by atoms with Crippen LogP contribution in [0.2, 0.25) is 0 Å². The molecule has 2 unspecified atom stereocenters. The Labute approximate surface area is 256 Å². The Hall–Kier alpha value is -2.84. The fourth-order valence-corrected chi connectivity index (χ4v) is 10.3. The fraction of sp³-hybridized carbons (Fsp3) is 0.472. The van der Waals surface area contributed by atoms with Gasteiger partial charge in [-0.3, -0.25) is 4.79 Å². The largest absolute Gasteiger partial charge is 0.465 e. The second-order valence-electron chi connectivity index (χ2n) is 13.5. The van der Waals surface area contributed by atoms with Crippen molar-refractivity contribution < 1.29 is 27.8 Å². The molecule has 0 spiro atoms. The molecule has 3 aromatic carbocycles. The summed E-state index contributed by atoms with van der Waals surface area (Å²) >= 11 is 0. The molecule has 6 atom stereocenters. The van der Waals surface area contributed by atoms with Crippen molar-refractivity contribution in [3.05, 3.63) is 96.3 Å². The van der Waals surface area contributed by atoms with Gasteiger partial charge in [0.05, 0.1) is 12.2 Å². The maximum atomic E-state index is 14.1. The van der Waals surface area contributed by atoms with Crippen LogP contribution in [0.15, 0.2) is 84.9 Å². The molecule has 6 rings (SSSR count). The molecule has 43 heavy (non-hydrogen) atoms. The SMILES string of the molecule is CC(C)(C)C(O[SiH](c1ccccc1)c1ccccc1)[C@H]1[C@H]2CC(=O)OC[C@@]2(c2ccc(F)cc2)C[C@H]1OC1CCCCO1. The maximum absolute atomic E-state index is 14.1. The summed E-state index contributed by atoms with van der Waals surface area (Å²) in [5.41, 5.74) is 0.212. The zero-order valence-electron chi connectivity index (χ0n) is 25.4. The van der Waals surface area contributed by atoms with Gasteiger partial charge >= 0.3 is 5.97 Å². The second kappa shape index (κ2) is 12.6. The van der Waals surface area contributed by atoms with E-state index in [1.165, 1.54) is 22.5 Å². The Balaban J connectivity index is 1.45. The number of hydrogen-bond donors (Lipinski definition) is 0. The molecule has 2 saturated heterocycles. The number of benzene rings is 3. The highest BCUT2D eigenvalue weighted by Gasteiger charge is 2.62. The summed E-state index contributed by atoms with van der Waals surface area (Å²) in [6.07, 6.45) is 3.13. The van der Waals surface area contributed by atoms with Gasteiger partial charge in [-0.25, -0.2) is 4.39 Å². The standard InChI is InChI=1S/C36H43FO5Si/c1-35(2,3)34(42-43(27-12-6-4-7-13-27)28-14-8-5-9-15-28)33-29-22-31(38)40-24-36(29,25-17-19-26(37)20-18-25)23-30(33)41-32-16-10-11-21-39-32/h4-9,12-15,17-20,29-30,32-34,43H,10-11,16,21-24H2,1-3H3/t29-,30-,32?,33+,34?,36-/m1/s1.